The summed E-state index contributed by atoms with van der Waals surface area (Å²) in [6.07, 6.45) is 8.94. The third-order valence-corrected chi connectivity index (χ3v) is 7.91. The summed E-state index contributed by atoms with van der Waals surface area (Å²) in [6.45, 7) is 4.08. The lowest BCUT2D eigenvalue weighted by molar-refractivity contribution is -0.127. The van der Waals surface area contributed by atoms with Gasteiger partial charge >= 0.3 is 0 Å². The van der Waals surface area contributed by atoms with Crippen LogP contribution in [0.1, 0.15) is 5.56 Å². The average Bonchev–Trinajstić information content (AvgIpc) is 3.55. The van der Waals surface area contributed by atoms with Crippen molar-refractivity contribution in [1.29, 1.82) is 0 Å². The number of nitrogens with two attached hydrogens (primary N) is 1. The summed E-state index contributed by atoms with van der Waals surface area (Å²) < 4.78 is 15.3. The minimum Gasteiger partial charge on any atom is -0.489 e. The molecule has 2 N–H and O–H groups in total. The van der Waals surface area contributed by atoms with Crippen molar-refractivity contribution < 1.29 is 9.47 Å². The predicted octanol–water partition coefficient (Wildman–Crippen LogP) is 3.76. The SMILES string of the molecule is Cn1ccc(-c2cn(-c3cncc(COc4ccc5ccc(N6CC7(COC7)C6)nc5c4)c3)c3ncnc(N)c23)n1. The molecule has 11 heteroatoms. The lowest BCUT2D eigenvalue weighted by atomic mass is 9.78. The summed E-state index contributed by atoms with van der Waals surface area (Å²) in [6, 6.07) is 14.2. The number of anilines is 2. The van der Waals surface area contributed by atoms with Crippen LogP contribution >= 0.6 is 0 Å². The Bertz CT molecular complexity index is 1930. The van der Waals surface area contributed by atoms with E-state index in [-0.39, 0.29) is 0 Å². The van der Waals surface area contributed by atoms with Crippen LogP contribution in [0.5, 0.6) is 5.75 Å². The molecule has 8 rings (SSSR count). The first-order valence-electron chi connectivity index (χ1n) is 13.5. The van der Waals surface area contributed by atoms with Crippen molar-refractivity contribution in [1.82, 2.24) is 34.3 Å². The molecule has 2 aliphatic heterocycles. The van der Waals surface area contributed by atoms with Gasteiger partial charge in [0, 0.05) is 61.3 Å². The molecular formula is C30H27N9O2. The summed E-state index contributed by atoms with van der Waals surface area (Å²) in [4.78, 5) is 20.5. The Labute approximate surface area is 235 Å². The van der Waals surface area contributed by atoms with E-state index in [1.165, 1.54) is 6.33 Å². The molecule has 41 heavy (non-hydrogen) atoms. The summed E-state index contributed by atoms with van der Waals surface area (Å²) >= 11 is 0. The molecule has 0 amide bonds. The Balaban J connectivity index is 1.05. The van der Waals surface area contributed by atoms with E-state index in [1.807, 2.05) is 54.3 Å². The molecule has 2 saturated heterocycles. The third-order valence-electron chi connectivity index (χ3n) is 7.91. The van der Waals surface area contributed by atoms with Crippen molar-refractivity contribution in [2.24, 2.45) is 12.5 Å². The second-order valence-electron chi connectivity index (χ2n) is 11.0. The van der Waals surface area contributed by atoms with Gasteiger partial charge in [-0.1, -0.05) is 0 Å². The minimum absolute atomic E-state index is 0.344. The first-order chi connectivity index (χ1) is 20.0. The number of fused-ring (bicyclic) bond motifs is 2. The van der Waals surface area contributed by atoms with Gasteiger partial charge in [-0.25, -0.2) is 15.0 Å². The molecule has 1 spiro atoms. The van der Waals surface area contributed by atoms with E-state index in [4.69, 9.17) is 20.2 Å². The van der Waals surface area contributed by atoms with E-state index in [1.54, 1.807) is 17.1 Å². The van der Waals surface area contributed by atoms with Gasteiger partial charge in [0.15, 0.2) is 5.65 Å². The Hall–Kier alpha value is -5.03. The second kappa shape index (κ2) is 9.00. The number of aryl methyl sites for hydroxylation is 1. The van der Waals surface area contributed by atoms with Crippen LogP contribution in [-0.4, -0.2) is 60.6 Å². The molecule has 11 nitrogen and oxygen atoms in total. The first kappa shape index (κ1) is 23.8. The third kappa shape index (κ3) is 4.04. The van der Waals surface area contributed by atoms with Crippen LogP contribution in [0, 0.1) is 5.41 Å². The standard InChI is InChI=1S/C30H27N9O2/c1-37-7-6-24(36-37)23-12-39(29-27(23)28(31)33-18-34-29)21-8-19(10-32-11-21)13-41-22-4-2-20-3-5-26(35-25(20)9-22)38-14-30(15-38)16-40-17-30/h2-12,18H,13-17H2,1H3,(H2,31,33,34). The van der Waals surface area contributed by atoms with E-state index in [2.05, 4.69) is 37.1 Å². The van der Waals surface area contributed by atoms with Crippen LogP contribution in [-0.2, 0) is 18.4 Å². The highest BCUT2D eigenvalue weighted by atomic mass is 16.5. The normalized spacial score (nSPS) is 15.8. The summed E-state index contributed by atoms with van der Waals surface area (Å²) in [5.74, 6) is 2.16. The number of hydrogen-bond acceptors (Lipinski definition) is 9. The number of nitrogen functional groups attached to an aromatic ring is 1. The number of rotatable bonds is 6. The molecule has 1 aromatic carbocycles. The smallest absolute Gasteiger partial charge is 0.150 e. The van der Waals surface area contributed by atoms with Crippen molar-refractivity contribution in [2.45, 2.75) is 6.61 Å². The molecule has 2 fully saturated rings. The van der Waals surface area contributed by atoms with Gasteiger partial charge in [0.05, 0.1) is 47.1 Å². The number of ether oxygens (including phenoxy) is 2. The van der Waals surface area contributed by atoms with E-state index >= 15 is 0 Å². The maximum absolute atomic E-state index is 6.28. The number of pyridine rings is 2. The van der Waals surface area contributed by atoms with Crippen molar-refractivity contribution in [3.05, 3.63) is 79.1 Å². The zero-order chi connectivity index (χ0) is 27.6. The second-order valence-corrected chi connectivity index (χ2v) is 11.0. The zero-order valence-corrected chi connectivity index (χ0v) is 22.4. The van der Waals surface area contributed by atoms with Gasteiger partial charge in [0.1, 0.15) is 30.3 Å². The largest absolute Gasteiger partial charge is 0.489 e. The summed E-state index contributed by atoms with van der Waals surface area (Å²) in [5.41, 5.74) is 11.6. The maximum atomic E-state index is 6.28. The predicted molar refractivity (Wildman–Crippen MR) is 155 cm³/mol. The van der Waals surface area contributed by atoms with Gasteiger partial charge in [-0.05, 0) is 36.4 Å². The zero-order valence-electron chi connectivity index (χ0n) is 22.4. The van der Waals surface area contributed by atoms with Gasteiger partial charge < -0.3 is 20.1 Å². The van der Waals surface area contributed by atoms with Crippen LogP contribution < -0.4 is 15.4 Å². The monoisotopic (exact) mass is 545 g/mol. The number of benzene rings is 1. The van der Waals surface area contributed by atoms with Crippen molar-refractivity contribution >= 4 is 33.6 Å². The van der Waals surface area contributed by atoms with Crippen molar-refractivity contribution in [2.75, 3.05) is 36.9 Å². The molecule has 0 bridgehead atoms. The van der Waals surface area contributed by atoms with Crippen LogP contribution in [0.3, 0.4) is 0 Å². The summed E-state index contributed by atoms with van der Waals surface area (Å²) in [7, 11) is 1.88. The van der Waals surface area contributed by atoms with Gasteiger partial charge in [-0.15, -0.1) is 0 Å². The topological polar surface area (TPSA) is 122 Å². The molecule has 5 aromatic heterocycles. The van der Waals surface area contributed by atoms with Gasteiger partial charge in [0.25, 0.3) is 0 Å². The lowest BCUT2D eigenvalue weighted by Gasteiger charge is -2.55. The molecule has 0 saturated carbocycles. The molecule has 0 unspecified atom stereocenters. The van der Waals surface area contributed by atoms with Gasteiger partial charge in [0.2, 0.25) is 0 Å². The Morgan fingerprint density at radius 1 is 1.05 bits per heavy atom. The summed E-state index contributed by atoms with van der Waals surface area (Å²) in [5, 5.41) is 6.40. The fraction of sp³-hybridized carbons (Fsp3) is 0.233. The minimum atomic E-state index is 0.344. The number of aromatic nitrogens is 7. The maximum Gasteiger partial charge on any atom is 0.150 e. The van der Waals surface area contributed by atoms with E-state index < -0.39 is 0 Å². The molecule has 204 valence electrons. The van der Waals surface area contributed by atoms with Crippen molar-refractivity contribution in [3.63, 3.8) is 0 Å². The molecule has 2 aliphatic rings. The van der Waals surface area contributed by atoms with Crippen LogP contribution in [0.25, 0.3) is 38.9 Å². The van der Waals surface area contributed by atoms with Crippen LogP contribution in [0.2, 0.25) is 0 Å². The fourth-order valence-electron chi connectivity index (χ4n) is 5.74. The highest BCUT2D eigenvalue weighted by Gasteiger charge is 2.49. The fourth-order valence-corrected chi connectivity index (χ4v) is 5.74. The number of hydrogen-bond donors (Lipinski definition) is 1. The number of nitrogens with zero attached hydrogens (tertiary/aromatic N) is 8. The van der Waals surface area contributed by atoms with Crippen LogP contribution in [0.15, 0.2) is 73.6 Å². The molecule has 0 radical (unpaired) electrons. The highest BCUT2D eigenvalue weighted by molar-refractivity contribution is 6.00. The Morgan fingerprint density at radius 2 is 1.93 bits per heavy atom. The first-order valence-corrected chi connectivity index (χ1v) is 13.5. The van der Waals surface area contributed by atoms with Gasteiger partial charge in [-0.2, -0.15) is 5.10 Å². The Kier molecular flexibility index (Phi) is 5.23. The average molecular weight is 546 g/mol. The van der Waals surface area contributed by atoms with Crippen LogP contribution in [0.4, 0.5) is 11.6 Å². The van der Waals surface area contributed by atoms with Gasteiger partial charge in [-0.3, -0.25) is 14.2 Å². The molecule has 7 heterocycles. The quantitative estimate of drug-likeness (QED) is 0.333. The molecule has 6 aromatic rings. The lowest BCUT2D eigenvalue weighted by Crippen LogP contribution is -2.66. The Morgan fingerprint density at radius 3 is 2.73 bits per heavy atom. The highest BCUT2D eigenvalue weighted by Crippen LogP contribution is 2.40. The van der Waals surface area contributed by atoms with E-state index in [0.29, 0.717) is 23.5 Å². The molecule has 0 atom stereocenters. The molecule has 0 aliphatic carbocycles. The van der Waals surface area contributed by atoms with Crippen molar-refractivity contribution in [3.8, 4) is 22.7 Å². The van der Waals surface area contributed by atoms with E-state index in [9.17, 15) is 0 Å². The van der Waals surface area contributed by atoms with E-state index in [0.717, 1.165) is 76.7 Å². The molecular weight excluding hydrogens is 518 g/mol.